The Morgan fingerprint density at radius 2 is 0.789 bits per heavy atom. The Morgan fingerprint density at radius 1 is 0.632 bits per heavy atom. The molecule has 0 N–H and O–H groups in total. The van der Waals surface area contributed by atoms with E-state index in [9.17, 15) is 14.4 Å². The van der Waals surface area contributed by atoms with Gasteiger partial charge in [0.25, 0.3) is 0 Å². The van der Waals surface area contributed by atoms with E-state index in [1.807, 2.05) is 20.8 Å². The van der Waals surface area contributed by atoms with Gasteiger partial charge in [0.2, 0.25) is 0 Å². The molecule has 0 atom stereocenters. The summed E-state index contributed by atoms with van der Waals surface area (Å²) >= 11 is 12.7. The van der Waals surface area contributed by atoms with Crippen molar-refractivity contribution in [2.75, 3.05) is 0 Å². The predicted octanol–water partition coefficient (Wildman–Crippen LogP) is 2.58. The number of hydrogen-bond donors (Lipinski definition) is 0. The van der Waals surface area contributed by atoms with Crippen molar-refractivity contribution in [3.63, 3.8) is 0 Å². The third kappa shape index (κ3) is 56.0. The topological polar surface area (TPSA) is 51.2 Å². The first kappa shape index (κ1) is 27.7. The second-order valence-corrected chi connectivity index (χ2v) is 4.73. The van der Waals surface area contributed by atoms with Crippen LogP contribution in [0.15, 0.2) is 0 Å². The minimum Gasteiger partial charge on any atom is -0.742 e. The zero-order chi connectivity index (χ0) is 15.0. The SMILES string of the molecule is CCCC(=O)[S-].CCCC(=O)[S-].CCCC(=O)[S-].[Au+3]. The van der Waals surface area contributed by atoms with Gasteiger partial charge in [0.05, 0.1) is 0 Å². The third-order valence-electron chi connectivity index (χ3n) is 1.36. The van der Waals surface area contributed by atoms with Crippen molar-refractivity contribution >= 4 is 53.2 Å². The maximum absolute atomic E-state index is 9.86. The Balaban J connectivity index is -0.0000000865. The van der Waals surface area contributed by atoms with Crippen LogP contribution < -0.4 is 0 Å². The Hall–Kier alpha value is 0.410. The predicted molar refractivity (Wildman–Crippen MR) is 81.8 cm³/mol. The molecule has 0 aliphatic rings. The van der Waals surface area contributed by atoms with Crippen LogP contribution in [-0.4, -0.2) is 15.3 Å². The Bertz CT molecular complexity index is 198. The summed E-state index contributed by atoms with van der Waals surface area (Å²) < 4.78 is 0. The molecule has 0 saturated carbocycles. The van der Waals surface area contributed by atoms with Gasteiger partial charge in [-0.3, -0.25) is 0 Å². The van der Waals surface area contributed by atoms with Crippen LogP contribution >= 0.6 is 0 Å². The molecule has 0 aliphatic heterocycles. The zero-order valence-electron chi connectivity index (χ0n) is 11.5. The van der Waals surface area contributed by atoms with Gasteiger partial charge < -0.3 is 52.3 Å². The molecule has 0 amide bonds. The number of carbonyl (C=O) groups excluding carboxylic acids is 3. The average molecular weight is 506 g/mol. The molecule has 0 aromatic heterocycles. The molecule has 0 radical (unpaired) electrons. The average Bonchev–Trinajstić information content (AvgIpc) is 2.18. The second kappa shape index (κ2) is 23.5. The fourth-order valence-corrected chi connectivity index (χ4v) is 1.22. The van der Waals surface area contributed by atoms with E-state index in [2.05, 4.69) is 37.9 Å². The van der Waals surface area contributed by atoms with Crippen LogP contribution in [0.4, 0.5) is 0 Å². The van der Waals surface area contributed by atoms with Gasteiger partial charge in [-0.05, 0) is 19.3 Å². The molecule has 0 saturated heterocycles. The van der Waals surface area contributed by atoms with Crippen molar-refractivity contribution in [3.05, 3.63) is 0 Å². The largest absolute Gasteiger partial charge is 3.00 e. The summed E-state index contributed by atoms with van der Waals surface area (Å²) in [5.74, 6) is 0. The summed E-state index contributed by atoms with van der Waals surface area (Å²) in [6.07, 6.45) is 4.28. The van der Waals surface area contributed by atoms with E-state index in [-0.39, 0.29) is 37.7 Å². The fourth-order valence-electron chi connectivity index (χ4n) is 0.612. The van der Waals surface area contributed by atoms with Crippen LogP contribution in [0.5, 0.6) is 0 Å². The minimum atomic E-state index is -0.127. The van der Waals surface area contributed by atoms with Crippen LogP contribution in [-0.2, 0) is 74.7 Å². The monoisotopic (exact) mass is 506 g/mol. The second-order valence-electron chi connectivity index (χ2n) is 3.37. The maximum atomic E-state index is 9.86. The van der Waals surface area contributed by atoms with E-state index in [0.29, 0.717) is 19.3 Å². The van der Waals surface area contributed by atoms with Gasteiger partial charge >= 0.3 is 22.4 Å². The molecule has 3 nitrogen and oxygen atoms in total. The molecular formula is C12H21AuO3S3. The molecule has 0 heterocycles. The van der Waals surface area contributed by atoms with Crippen molar-refractivity contribution in [1.82, 2.24) is 0 Å². The van der Waals surface area contributed by atoms with Crippen LogP contribution in [0.1, 0.15) is 59.3 Å². The Morgan fingerprint density at radius 3 is 0.789 bits per heavy atom. The van der Waals surface area contributed by atoms with Crippen LogP contribution in [0.2, 0.25) is 0 Å². The van der Waals surface area contributed by atoms with E-state index in [4.69, 9.17) is 0 Å². The van der Waals surface area contributed by atoms with Crippen molar-refractivity contribution in [2.24, 2.45) is 0 Å². The summed E-state index contributed by atoms with van der Waals surface area (Å²) in [4.78, 5) is 29.6. The van der Waals surface area contributed by atoms with Crippen molar-refractivity contribution in [2.45, 2.75) is 59.3 Å². The molecule has 116 valence electrons. The summed E-state index contributed by atoms with van der Waals surface area (Å²) in [5, 5.41) is -0.382. The minimum absolute atomic E-state index is 0. The van der Waals surface area contributed by atoms with Crippen LogP contribution in [0.25, 0.3) is 0 Å². The summed E-state index contributed by atoms with van der Waals surface area (Å²) in [6.45, 7) is 5.80. The first-order chi connectivity index (χ1) is 8.31. The van der Waals surface area contributed by atoms with Gasteiger partial charge in [0.15, 0.2) is 0 Å². The van der Waals surface area contributed by atoms with E-state index in [0.717, 1.165) is 19.3 Å². The number of rotatable bonds is 6. The first-order valence-corrected chi connectivity index (χ1v) is 7.13. The van der Waals surface area contributed by atoms with E-state index in [1.54, 1.807) is 0 Å². The molecule has 19 heavy (non-hydrogen) atoms. The molecule has 0 spiro atoms. The van der Waals surface area contributed by atoms with Gasteiger partial charge in [-0.1, -0.05) is 40.0 Å². The number of hydrogen-bond acceptors (Lipinski definition) is 6. The molecule has 7 heteroatoms. The smallest absolute Gasteiger partial charge is 0.742 e. The van der Waals surface area contributed by atoms with Crippen molar-refractivity contribution in [1.29, 1.82) is 0 Å². The normalized spacial score (nSPS) is 7.74. The van der Waals surface area contributed by atoms with Gasteiger partial charge in [-0.15, -0.1) is 0 Å². The van der Waals surface area contributed by atoms with Gasteiger partial charge in [0.1, 0.15) is 0 Å². The molecular weight excluding hydrogens is 485 g/mol. The zero-order valence-corrected chi connectivity index (χ0v) is 16.1. The third-order valence-corrected chi connectivity index (χ3v) is 1.97. The molecule has 0 fully saturated rings. The van der Waals surface area contributed by atoms with E-state index >= 15 is 0 Å². The molecule has 0 bridgehead atoms. The van der Waals surface area contributed by atoms with Gasteiger partial charge in [0, 0.05) is 15.3 Å². The molecule has 0 aromatic rings. The van der Waals surface area contributed by atoms with E-state index in [1.165, 1.54) is 0 Å². The van der Waals surface area contributed by atoms with Gasteiger partial charge in [-0.25, -0.2) is 0 Å². The Labute approximate surface area is 148 Å². The summed E-state index contributed by atoms with van der Waals surface area (Å²) in [6, 6.07) is 0. The molecule has 0 aliphatic carbocycles. The van der Waals surface area contributed by atoms with Gasteiger partial charge in [-0.2, -0.15) is 0 Å². The molecule has 0 unspecified atom stereocenters. The van der Waals surface area contributed by atoms with Crippen molar-refractivity contribution in [3.8, 4) is 0 Å². The molecule has 0 rings (SSSR count). The van der Waals surface area contributed by atoms with Crippen LogP contribution in [0.3, 0.4) is 0 Å². The van der Waals surface area contributed by atoms with E-state index < -0.39 is 0 Å². The summed E-state index contributed by atoms with van der Waals surface area (Å²) in [7, 11) is 0. The first-order valence-electron chi connectivity index (χ1n) is 5.91. The fraction of sp³-hybridized carbons (Fsp3) is 0.750. The standard InChI is InChI=1S/3C4H8OS.Au/c3*1-2-3-4(5)6;/h3*2-3H2,1H3,(H,5,6);/q;;;+3/p-3. The summed E-state index contributed by atoms with van der Waals surface area (Å²) in [5.41, 5.74) is 0. The quantitative estimate of drug-likeness (QED) is 0.408. The molecule has 0 aromatic carbocycles. The Kier molecular flexibility index (Phi) is 34.3. The van der Waals surface area contributed by atoms with Crippen molar-refractivity contribution < 1.29 is 36.8 Å². The number of carbonyl (C=O) groups is 3. The maximum Gasteiger partial charge on any atom is 3.00 e. The van der Waals surface area contributed by atoms with Crippen LogP contribution in [0, 0.1) is 0 Å².